The molecule has 104 valence electrons. The molecule has 0 saturated heterocycles. The monoisotopic (exact) mass is 275 g/mol. The van der Waals surface area contributed by atoms with E-state index >= 15 is 0 Å². The number of nitrogens with two attached hydrogens (primary N) is 1. The predicted octanol–water partition coefficient (Wildman–Crippen LogP) is 2.68. The van der Waals surface area contributed by atoms with Crippen LogP contribution in [-0.4, -0.2) is 17.0 Å². The normalized spacial score (nSPS) is 10.1. The molecule has 0 bridgehead atoms. The number of non-ortho nitro benzene ring substituents is 1. The van der Waals surface area contributed by atoms with Crippen LogP contribution in [0.2, 0.25) is 0 Å². The molecule has 1 aromatic carbocycles. The van der Waals surface area contributed by atoms with E-state index in [1.807, 2.05) is 6.92 Å². The molecule has 2 rings (SSSR count). The third-order valence-corrected chi connectivity index (χ3v) is 2.58. The first-order chi connectivity index (χ1) is 9.51. The van der Waals surface area contributed by atoms with Crippen LogP contribution in [0.1, 0.15) is 5.56 Å². The molecule has 1 aromatic heterocycles. The predicted molar refractivity (Wildman–Crippen MR) is 73.1 cm³/mol. The van der Waals surface area contributed by atoms with E-state index in [1.54, 1.807) is 12.3 Å². The van der Waals surface area contributed by atoms with Crippen molar-refractivity contribution in [3.63, 3.8) is 0 Å². The Bertz CT molecular complexity index is 658. The first-order valence-electron chi connectivity index (χ1n) is 5.73. The van der Waals surface area contributed by atoms with Gasteiger partial charge in [-0.3, -0.25) is 10.1 Å². The number of nitrogen functional groups attached to an aromatic ring is 1. The van der Waals surface area contributed by atoms with E-state index in [0.717, 1.165) is 5.56 Å². The number of hydrogen-bond donors (Lipinski definition) is 1. The van der Waals surface area contributed by atoms with E-state index in [1.165, 1.54) is 25.3 Å². The zero-order valence-corrected chi connectivity index (χ0v) is 11.0. The fourth-order valence-electron chi connectivity index (χ4n) is 1.62. The summed E-state index contributed by atoms with van der Waals surface area (Å²) < 4.78 is 10.6. The van der Waals surface area contributed by atoms with Gasteiger partial charge in [0.15, 0.2) is 11.5 Å². The minimum absolute atomic E-state index is 0.0842. The lowest BCUT2D eigenvalue weighted by Crippen LogP contribution is -1.98. The number of rotatable bonds is 4. The molecule has 20 heavy (non-hydrogen) atoms. The molecular formula is C13H13N3O4. The maximum absolute atomic E-state index is 10.7. The van der Waals surface area contributed by atoms with Gasteiger partial charge in [-0.2, -0.15) is 0 Å². The van der Waals surface area contributed by atoms with Gasteiger partial charge in [-0.1, -0.05) is 0 Å². The van der Waals surface area contributed by atoms with Crippen LogP contribution in [0.3, 0.4) is 0 Å². The highest BCUT2D eigenvalue weighted by Crippen LogP contribution is 2.35. The summed E-state index contributed by atoms with van der Waals surface area (Å²) in [7, 11) is 1.40. The number of anilines is 1. The third kappa shape index (κ3) is 2.77. The maximum Gasteiger partial charge on any atom is 0.273 e. The van der Waals surface area contributed by atoms with Crippen molar-refractivity contribution in [2.75, 3.05) is 12.8 Å². The fourth-order valence-corrected chi connectivity index (χ4v) is 1.62. The third-order valence-electron chi connectivity index (χ3n) is 2.58. The van der Waals surface area contributed by atoms with Crippen LogP contribution in [0, 0.1) is 17.0 Å². The van der Waals surface area contributed by atoms with Gasteiger partial charge >= 0.3 is 0 Å². The molecule has 0 atom stereocenters. The summed E-state index contributed by atoms with van der Waals surface area (Å²) >= 11 is 0. The van der Waals surface area contributed by atoms with Gasteiger partial charge in [0.2, 0.25) is 5.88 Å². The molecule has 7 nitrogen and oxygen atoms in total. The van der Waals surface area contributed by atoms with E-state index in [-0.39, 0.29) is 17.3 Å². The number of hydrogen-bond acceptors (Lipinski definition) is 6. The van der Waals surface area contributed by atoms with Crippen LogP contribution >= 0.6 is 0 Å². The average Bonchev–Trinajstić information content (AvgIpc) is 2.42. The Labute approximate surface area is 115 Å². The number of aromatic nitrogens is 1. The second-order valence-electron chi connectivity index (χ2n) is 4.10. The number of aryl methyl sites for hydroxylation is 1. The van der Waals surface area contributed by atoms with Crippen LogP contribution in [0.25, 0.3) is 0 Å². The Morgan fingerprint density at radius 2 is 2.05 bits per heavy atom. The lowest BCUT2D eigenvalue weighted by atomic mass is 10.2. The summed E-state index contributed by atoms with van der Waals surface area (Å²) in [4.78, 5) is 14.3. The van der Waals surface area contributed by atoms with E-state index in [4.69, 9.17) is 15.2 Å². The van der Waals surface area contributed by atoms with Crippen LogP contribution in [0.15, 0.2) is 30.5 Å². The molecule has 7 heteroatoms. The van der Waals surface area contributed by atoms with Gasteiger partial charge in [0.05, 0.1) is 23.8 Å². The van der Waals surface area contributed by atoms with E-state index < -0.39 is 4.92 Å². The van der Waals surface area contributed by atoms with Gasteiger partial charge in [-0.25, -0.2) is 4.98 Å². The number of nitro groups is 1. The zero-order valence-electron chi connectivity index (χ0n) is 11.0. The summed E-state index contributed by atoms with van der Waals surface area (Å²) in [6, 6.07) is 5.76. The molecule has 0 fully saturated rings. The topological polar surface area (TPSA) is 101 Å². The number of nitro benzene ring substituents is 1. The standard InChI is InChI=1S/C13H13N3O4/c1-8-5-10(14)13(15-7-8)20-11-4-3-9(16(17)18)6-12(11)19-2/h3-7H,14H2,1-2H3. The Balaban J connectivity index is 2.35. The first-order valence-corrected chi connectivity index (χ1v) is 5.73. The first kappa shape index (κ1) is 13.6. The number of pyridine rings is 1. The van der Waals surface area contributed by atoms with Gasteiger partial charge < -0.3 is 15.2 Å². The number of nitrogens with zero attached hydrogens (tertiary/aromatic N) is 2. The van der Waals surface area contributed by atoms with Crippen molar-refractivity contribution >= 4 is 11.4 Å². The van der Waals surface area contributed by atoms with Crippen LogP contribution < -0.4 is 15.2 Å². The molecule has 0 amide bonds. The van der Waals surface area contributed by atoms with E-state index in [9.17, 15) is 10.1 Å². The highest BCUT2D eigenvalue weighted by atomic mass is 16.6. The van der Waals surface area contributed by atoms with Gasteiger partial charge in [0.1, 0.15) is 0 Å². The molecule has 0 saturated carbocycles. The zero-order chi connectivity index (χ0) is 14.7. The molecule has 0 aliphatic heterocycles. The lowest BCUT2D eigenvalue weighted by Gasteiger charge is -2.11. The van der Waals surface area contributed by atoms with Gasteiger partial charge in [-0.15, -0.1) is 0 Å². The Morgan fingerprint density at radius 1 is 1.30 bits per heavy atom. The van der Waals surface area contributed by atoms with Crippen molar-refractivity contribution in [2.24, 2.45) is 0 Å². The largest absolute Gasteiger partial charge is 0.493 e. The minimum Gasteiger partial charge on any atom is -0.493 e. The van der Waals surface area contributed by atoms with Crippen molar-refractivity contribution in [1.29, 1.82) is 0 Å². The smallest absolute Gasteiger partial charge is 0.273 e. The van der Waals surface area contributed by atoms with E-state index in [0.29, 0.717) is 11.4 Å². The van der Waals surface area contributed by atoms with Gasteiger partial charge in [-0.05, 0) is 24.6 Å². The summed E-state index contributed by atoms with van der Waals surface area (Å²) in [5.41, 5.74) is 7.01. The summed E-state index contributed by atoms with van der Waals surface area (Å²) in [5.74, 6) is 0.768. The highest BCUT2D eigenvalue weighted by Gasteiger charge is 2.14. The molecular weight excluding hydrogens is 262 g/mol. The summed E-state index contributed by atoms with van der Waals surface area (Å²) in [6.45, 7) is 1.86. The second kappa shape index (κ2) is 5.43. The summed E-state index contributed by atoms with van der Waals surface area (Å²) in [6.07, 6.45) is 1.61. The Kier molecular flexibility index (Phi) is 3.69. The second-order valence-corrected chi connectivity index (χ2v) is 4.10. The van der Waals surface area contributed by atoms with Crippen molar-refractivity contribution in [3.8, 4) is 17.4 Å². The average molecular weight is 275 g/mol. The van der Waals surface area contributed by atoms with Gasteiger partial charge in [0.25, 0.3) is 5.69 Å². The number of benzene rings is 1. The molecule has 0 spiro atoms. The SMILES string of the molecule is COc1cc([N+](=O)[O-])ccc1Oc1ncc(C)cc1N. The minimum atomic E-state index is -0.509. The summed E-state index contributed by atoms with van der Waals surface area (Å²) in [5, 5.41) is 10.7. The van der Waals surface area contributed by atoms with Crippen LogP contribution in [0.4, 0.5) is 11.4 Å². The Hall–Kier alpha value is -2.83. The molecule has 0 unspecified atom stereocenters. The molecule has 0 aliphatic rings. The van der Waals surface area contributed by atoms with Gasteiger partial charge in [0, 0.05) is 12.3 Å². The molecule has 2 N–H and O–H groups in total. The van der Waals surface area contributed by atoms with E-state index in [2.05, 4.69) is 4.98 Å². The number of methoxy groups -OCH3 is 1. The van der Waals surface area contributed by atoms with Crippen LogP contribution in [0.5, 0.6) is 17.4 Å². The fraction of sp³-hybridized carbons (Fsp3) is 0.154. The highest BCUT2D eigenvalue weighted by molar-refractivity contribution is 5.54. The molecule has 1 heterocycles. The van der Waals surface area contributed by atoms with Crippen molar-refractivity contribution in [3.05, 3.63) is 46.1 Å². The molecule has 0 radical (unpaired) electrons. The molecule has 2 aromatic rings. The van der Waals surface area contributed by atoms with Crippen molar-refractivity contribution < 1.29 is 14.4 Å². The molecule has 0 aliphatic carbocycles. The van der Waals surface area contributed by atoms with Crippen molar-refractivity contribution in [2.45, 2.75) is 6.92 Å². The lowest BCUT2D eigenvalue weighted by molar-refractivity contribution is -0.384. The Morgan fingerprint density at radius 3 is 2.65 bits per heavy atom. The van der Waals surface area contributed by atoms with Crippen LogP contribution in [-0.2, 0) is 0 Å². The maximum atomic E-state index is 10.7. The quantitative estimate of drug-likeness (QED) is 0.680. The van der Waals surface area contributed by atoms with Crippen molar-refractivity contribution in [1.82, 2.24) is 4.98 Å². The number of ether oxygens (including phenoxy) is 2.